The molecular weight excluding hydrogens is 605 g/mol. The van der Waals surface area contributed by atoms with Crippen LogP contribution < -0.4 is 9.46 Å². The topological polar surface area (TPSA) is 101 Å². The Kier molecular flexibility index (Phi) is 6.96. The zero-order valence-corrected chi connectivity index (χ0v) is 26.0. The second-order valence-corrected chi connectivity index (χ2v) is 15.1. The molecule has 4 bridgehead atoms. The summed E-state index contributed by atoms with van der Waals surface area (Å²) in [6, 6.07) is 11.7. The molecule has 0 radical (unpaired) electrons. The van der Waals surface area contributed by atoms with Gasteiger partial charge in [0.05, 0.1) is 22.0 Å². The van der Waals surface area contributed by atoms with Crippen LogP contribution in [0.2, 0.25) is 0 Å². The Morgan fingerprint density at radius 1 is 1.00 bits per heavy atom. The van der Waals surface area contributed by atoms with Crippen LogP contribution in [0.1, 0.15) is 72.9 Å². The zero-order valence-electron chi connectivity index (χ0n) is 25.2. The van der Waals surface area contributed by atoms with Crippen molar-refractivity contribution in [2.75, 3.05) is 11.3 Å². The third-order valence-corrected chi connectivity index (χ3v) is 11.7. The molecule has 4 aliphatic rings. The Labute approximate surface area is 260 Å². The molecule has 0 unspecified atom stereocenters. The van der Waals surface area contributed by atoms with Crippen LogP contribution >= 0.6 is 0 Å². The van der Waals surface area contributed by atoms with Gasteiger partial charge in [-0.3, -0.25) is 4.79 Å². The van der Waals surface area contributed by atoms with E-state index < -0.39 is 33.6 Å². The van der Waals surface area contributed by atoms with Crippen LogP contribution in [0.15, 0.2) is 53.4 Å². The minimum atomic E-state index is -4.42. The normalized spacial score (nSPS) is 23.4. The fourth-order valence-electron chi connectivity index (χ4n) is 7.49. The highest BCUT2D eigenvalue weighted by molar-refractivity contribution is 7.92. The summed E-state index contributed by atoms with van der Waals surface area (Å²) >= 11 is 0. The van der Waals surface area contributed by atoms with Gasteiger partial charge < -0.3 is 9.64 Å². The van der Waals surface area contributed by atoms with Crippen LogP contribution in [0.3, 0.4) is 0 Å². The van der Waals surface area contributed by atoms with Gasteiger partial charge in [0.15, 0.2) is 0 Å². The van der Waals surface area contributed by atoms with Crippen molar-refractivity contribution < 1.29 is 31.1 Å². The lowest BCUT2D eigenvalue weighted by Crippen LogP contribution is -2.60. The highest BCUT2D eigenvalue weighted by Crippen LogP contribution is 2.62. The molecule has 8 nitrogen and oxygen atoms in total. The molecule has 1 aromatic heterocycles. The standard InChI is InChI=1S/C33H35F3N4O4S/c1-20-6-3-7-21(2)28(20)26-15-27-38-30(37-26)39-45(42,43)25-9-4-8-22(14-25)29(41)40(23-16-31(17-23)10-5-11-31)24(19-44-27)18-32(12-13-32)33(34,35)36/h3-4,6-9,14-15,23-24H,5,10-13,16-19H2,1-2H3,(H,37,38,39)/t24-/m1/s1. The average molecular weight is 641 g/mol. The monoisotopic (exact) mass is 640 g/mol. The van der Waals surface area contributed by atoms with E-state index in [1.807, 2.05) is 32.0 Å². The number of hydrogen-bond donors (Lipinski definition) is 1. The van der Waals surface area contributed by atoms with Crippen LogP contribution in [-0.2, 0) is 10.0 Å². The molecule has 1 aliphatic heterocycles. The maximum absolute atomic E-state index is 14.4. The molecular formula is C33H35F3N4O4S. The van der Waals surface area contributed by atoms with Crippen molar-refractivity contribution in [3.05, 3.63) is 65.2 Å². The summed E-state index contributed by atoms with van der Waals surface area (Å²) in [6.07, 6.45) is -0.116. The summed E-state index contributed by atoms with van der Waals surface area (Å²) in [5.41, 5.74) is 1.29. The fourth-order valence-corrected chi connectivity index (χ4v) is 8.48. The van der Waals surface area contributed by atoms with Crippen LogP contribution in [0.4, 0.5) is 19.1 Å². The van der Waals surface area contributed by atoms with Crippen molar-refractivity contribution in [2.24, 2.45) is 10.8 Å². The Morgan fingerprint density at radius 2 is 1.69 bits per heavy atom. The first-order valence-electron chi connectivity index (χ1n) is 15.4. The van der Waals surface area contributed by atoms with Crippen molar-refractivity contribution in [3.63, 3.8) is 0 Å². The number of anilines is 1. The molecule has 1 amide bonds. The maximum Gasteiger partial charge on any atom is 0.394 e. The van der Waals surface area contributed by atoms with Crippen molar-refractivity contribution in [2.45, 2.75) is 88.4 Å². The van der Waals surface area contributed by atoms with Gasteiger partial charge in [0.2, 0.25) is 11.8 Å². The summed E-state index contributed by atoms with van der Waals surface area (Å²) in [5.74, 6) is -0.731. The van der Waals surface area contributed by atoms with Crippen LogP contribution in [0.25, 0.3) is 11.3 Å². The number of aryl methyl sites for hydroxylation is 2. The van der Waals surface area contributed by atoms with Crippen molar-refractivity contribution in [1.29, 1.82) is 0 Å². The number of nitrogens with one attached hydrogen (secondary N) is 1. The lowest BCUT2D eigenvalue weighted by Gasteiger charge is -2.58. The first-order valence-corrected chi connectivity index (χ1v) is 16.9. The Balaban J connectivity index is 1.36. The summed E-state index contributed by atoms with van der Waals surface area (Å²) < 4.78 is 78.8. The number of rotatable bonds is 4. The Hall–Kier alpha value is -3.67. The van der Waals surface area contributed by atoms with E-state index in [1.54, 1.807) is 11.0 Å². The fraction of sp³-hybridized carbons (Fsp3) is 0.485. The summed E-state index contributed by atoms with van der Waals surface area (Å²) in [4.78, 5) is 24.5. The van der Waals surface area contributed by atoms with E-state index in [1.165, 1.54) is 24.3 Å². The lowest BCUT2D eigenvalue weighted by molar-refractivity contribution is -0.194. The van der Waals surface area contributed by atoms with E-state index in [9.17, 15) is 26.4 Å². The number of amides is 1. The minimum absolute atomic E-state index is 0.00429. The predicted molar refractivity (Wildman–Crippen MR) is 161 cm³/mol. The number of fused-ring (bicyclic) bond motifs is 4. The van der Waals surface area contributed by atoms with E-state index in [0.717, 1.165) is 36.0 Å². The summed E-state index contributed by atoms with van der Waals surface area (Å²) in [7, 11) is -4.25. The van der Waals surface area contributed by atoms with Crippen LogP contribution in [0.5, 0.6) is 5.88 Å². The second kappa shape index (κ2) is 10.4. The Morgan fingerprint density at radius 3 is 2.31 bits per heavy atom. The zero-order chi connectivity index (χ0) is 31.8. The SMILES string of the molecule is Cc1cccc(C)c1-c1cc2nc(n1)NS(=O)(=O)c1cccc(c1)C(=O)N(C1CC3(CCC3)C1)[C@H](CC1(C(F)(F)F)CC1)CO2. The molecule has 238 valence electrons. The third-order valence-electron chi connectivity index (χ3n) is 10.3. The molecule has 1 N–H and O–H groups in total. The molecule has 0 saturated heterocycles. The number of carbonyl (C=O) groups is 1. The minimum Gasteiger partial charge on any atom is -0.475 e. The number of aromatic nitrogens is 2. The van der Waals surface area contributed by atoms with Crippen molar-refractivity contribution in [3.8, 4) is 17.1 Å². The smallest absolute Gasteiger partial charge is 0.394 e. The van der Waals surface area contributed by atoms with Crippen LogP contribution in [0, 0.1) is 24.7 Å². The number of halogens is 3. The maximum atomic E-state index is 14.4. The molecule has 3 aromatic rings. The van der Waals surface area contributed by atoms with Gasteiger partial charge in [-0.2, -0.15) is 18.2 Å². The number of sulfonamides is 1. The van der Waals surface area contributed by atoms with Crippen molar-refractivity contribution >= 4 is 21.9 Å². The highest BCUT2D eigenvalue weighted by atomic mass is 32.2. The molecule has 12 heteroatoms. The number of ether oxygens (including phenoxy) is 1. The molecule has 45 heavy (non-hydrogen) atoms. The van der Waals surface area contributed by atoms with Crippen LogP contribution in [-0.4, -0.2) is 54.1 Å². The molecule has 3 aliphatic carbocycles. The first kappa shape index (κ1) is 30.0. The summed E-state index contributed by atoms with van der Waals surface area (Å²) in [5, 5.41) is 0. The average Bonchev–Trinajstić information content (AvgIpc) is 3.72. The number of hydrogen-bond acceptors (Lipinski definition) is 6. The van der Waals surface area contributed by atoms with Gasteiger partial charge in [-0.25, -0.2) is 18.1 Å². The van der Waals surface area contributed by atoms with E-state index in [-0.39, 0.29) is 59.6 Å². The molecule has 2 aromatic carbocycles. The van der Waals surface area contributed by atoms with Gasteiger partial charge in [-0.05, 0) is 93.5 Å². The van der Waals surface area contributed by atoms with Gasteiger partial charge in [0, 0.05) is 23.2 Å². The largest absolute Gasteiger partial charge is 0.475 e. The van der Waals surface area contributed by atoms with Crippen molar-refractivity contribution in [1.82, 2.24) is 14.9 Å². The molecule has 1 spiro atoms. The first-order chi connectivity index (χ1) is 21.3. The molecule has 7 rings (SSSR count). The van der Waals surface area contributed by atoms with E-state index in [2.05, 4.69) is 14.7 Å². The second-order valence-electron chi connectivity index (χ2n) is 13.4. The molecule has 1 atom stereocenters. The number of benzene rings is 2. The number of nitrogens with zero attached hydrogens (tertiary/aromatic N) is 3. The van der Waals surface area contributed by atoms with Gasteiger partial charge in [0.1, 0.15) is 6.61 Å². The third kappa shape index (κ3) is 5.34. The van der Waals surface area contributed by atoms with E-state index in [0.29, 0.717) is 18.5 Å². The lowest BCUT2D eigenvalue weighted by atomic mass is 9.53. The quantitative estimate of drug-likeness (QED) is 0.336. The highest BCUT2D eigenvalue weighted by Gasteiger charge is 2.64. The predicted octanol–water partition coefficient (Wildman–Crippen LogP) is 6.83. The summed E-state index contributed by atoms with van der Waals surface area (Å²) in [6.45, 7) is 3.58. The van der Waals surface area contributed by atoms with Gasteiger partial charge >= 0.3 is 6.18 Å². The number of alkyl halides is 3. The van der Waals surface area contributed by atoms with Gasteiger partial charge in [-0.1, -0.05) is 30.7 Å². The molecule has 3 fully saturated rings. The number of carbonyl (C=O) groups excluding carboxylic acids is 1. The molecule has 2 heterocycles. The van der Waals surface area contributed by atoms with Gasteiger partial charge in [0.25, 0.3) is 15.9 Å². The Bertz CT molecular complexity index is 1760. The molecule has 3 saturated carbocycles. The van der Waals surface area contributed by atoms with Gasteiger partial charge in [-0.15, -0.1) is 0 Å². The van der Waals surface area contributed by atoms with E-state index in [4.69, 9.17) is 4.74 Å². The van der Waals surface area contributed by atoms with E-state index >= 15 is 0 Å².